The van der Waals surface area contributed by atoms with E-state index in [9.17, 15) is 19.2 Å². The van der Waals surface area contributed by atoms with Crippen molar-refractivity contribution < 1.29 is 38.1 Å². The van der Waals surface area contributed by atoms with E-state index in [-0.39, 0.29) is 5.03 Å². The fraction of sp³-hybridized carbons (Fsp3) is 0.179. The molecule has 0 aliphatic heterocycles. The molecule has 0 heterocycles. The fourth-order valence-corrected chi connectivity index (χ4v) is 3.68. The summed E-state index contributed by atoms with van der Waals surface area (Å²) in [7, 11) is 4.86. The van der Waals surface area contributed by atoms with E-state index in [0.717, 1.165) is 29.6 Å². The minimum absolute atomic E-state index is 0.0463. The normalized spacial score (nSPS) is 9.38. The van der Waals surface area contributed by atoms with E-state index < -0.39 is 5.97 Å². The van der Waals surface area contributed by atoms with Crippen molar-refractivity contribution >= 4 is 47.2 Å². The summed E-state index contributed by atoms with van der Waals surface area (Å²) < 4.78 is 20.7. The van der Waals surface area contributed by atoms with Crippen molar-refractivity contribution in [1.82, 2.24) is 0 Å². The maximum absolute atomic E-state index is 11.5. The van der Waals surface area contributed by atoms with Crippen LogP contribution in [-0.2, 0) is 25.6 Å². The predicted octanol–water partition coefficient (Wildman–Crippen LogP) is 8.53. The summed E-state index contributed by atoms with van der Waals surface area (Å²) in [6.45, 7) is 13.1. The molecule has 8 nitrogen and oxygen atoms in total. The molecule has 252 valence electrons. The lowest BCUT2D eigenvalue weighted by Gasteiger charge is -2.10. The van der Waals surface area contributed by atoms with Gasteiger partial charge in [0.15, 0.2) is 17.8 Å². The van der Waals surface area contributed by atoms with Gasteiger partial charge < -0.3 is 23.7 Å². The summed E-state index contributed by atoms with van der Waals surface area (Å²) in [5, 5.41) is 2.44. The Balaban J connectivity index is 0.000000377. The number of hydrogen-bond donors (Lipinski definition) is 0. The number of esters is 1. The second-order valence-corrected chi connectivity index (χ2v) is 10.5. The van der Waals surface area contributed by atoms with Crippen molar-refractivity contribution in [2.24, 2.45) is 0 Å². The molecule has 4 rings (SSSR count). The molecule has 0 unspecified atom stereocenters. The van der Waals surface area contributed by atoms with E-state index in [0.29, 0.717) is 41.8 Å². The van der Waals surface area contributed by atoms with Crippen molar-refractivity contribution in [3.8, 4) is 34.1 Å². The van der Waals surface area contributed by atoms with Crippen LogP contribution >= 0.6 is 11.6 Å². The Morgan fingerprint density at radius 2 is 1.23 bits per heavy atom. The van der Waals surface area contributed by atoms with Gasteiger partial charge in [-0.3, -0.25) is 9.59 Å². The number of aldehydes is 3. The third-order valence-corrected chi connectivity index (χ3v) is 6.22. The van der Waals surface area contributed by atoms with Crippen LogP contribution in [0, 0.1) is 0 Å². The van der Waals surface area contributed by atoms with Crippen LogP contribution in [0.3, 0.4) is 0 Å². The zero-order valence-corrected chi connectivity index (χ0v) is 28.7. The molecule has 0 aliphatic rings. The molecule has 0 aromatic heterocycles. The maximum atomic E-state index is 11.5. The SMILES string of the molecule is C=C(C)C(=O)Oc1cc(CCC=O)ccc1OC.C=C(C)C=O.C=C(Cl)C=O.COc1ccc(-c2ccc3cc(OC)ccc3c2)cc1. The Bertz CT molecular complexity index is 1690. The molecule has 0 amide bonds. The second-order valence-electron chi connectivity index (χ2n) is 10.0. The van der Waals surface area contributed by atoms with Crippen molar-refractivity contribution in [2.45, 2.75) is 26.7 Å². The lowest BCUT2D eigenvalue weighted by molar-refractivity contribution is -0.130. The van der Waals surface area contributed by atoms with E-state index in [1.807, 2.05) is 30.3 Å². The summed E-state index contributed by atoms with van der Waals surface area (Å²) >= 11 is 4.90. The lowest BCUT2D eigenvalue weighted by Crippen LogP contribution is -2.09. The van der Waals surface area contributed by atoms with Gasteiger partial charge in [0.1, 0.15) is 24.1 Å². The molecule has 0 N–H and O–H groups in total. The van der Waals surface area contributed by atoms with Crippen molar-refractivity contribution in [3.63, 3.8) is 0 Å². The molecule has 9 heteroatoms. The molecular formula is C39H41ClO8. The first-order valence-corrected chi connectivity index (χ1v) is 14.9. The molecular weight excluding hydrogens is 632 g/mol. The van der Waals surface area contributed by atoms with E-state index in [2.05, 4.69) is 56.1 Å². The zero-order valence-electron chi connectivity index (χ0n) is 27.9. The van der Waals surface area contributed by atoms with Gasteiger partial charge in [0.25, 0.3) is 0 Å². The van der Waals surface area contributed by atoms with Gasteiger partial charge in [0.2, 0.25) is 0 Å². The molecule has 0 radical (unpaired) electrons. The first-order valence-electron chi connectivity index (χ1n) is 14.5. The average molecular weight is 673 g/mol. The number of hydrogen-bond acceptors (Lipinski definition) is 8. The number of allylic oxidation sites excluding steroid dienone is 2. The Labute approximate surface area is 287 Å². The number of rotatable bonds is 11. The average Bonchev–Trinajstić information content (AvgIpc) is 3.11. The van der Waals surface area contributed by atoms with Crippen molar-refractivity contribution in [2.75, 3.05) is 21.3 Å². The summed E-state index contributed by atoms with van der Waals surface area (Å²) in [6, 6.07) is 25.9. The van der Waals surface area contributed by atoms with Crippen LogP contribution in [0.15, 0.2) is 115 Å². The zero-order chi connectivity index (χ0) is 36.1. The maximum Gasteiger partial charge on any atom is 0.338 e. The van der Waals surface area contributed by atoms with E-state index in [4.69, 9.17) is 30.5 Å². The summed E-state index contributed by atoms with van der Waals surface area (Å²) in [6.07, 6.45) is 3.09. The molecule has 0 atom stereocenters. The molecule has 0 aliphatic carbocycles. The van der Waals surface area contributed by atoms with Crippen molar-refractivity contribution in [1.29, 1.82) is 0 Å². The quantitative estimate of drug-likeness (QED) is 0.0676. The van der Waals surface area contributed by atoms with Crippen LogP contribution in [0.25, 0.3) is 21.9 Å². The standard InChI is InChI=1S/C18H16O2.C14H16O4.C4H6O.C3H3ClO/c1-19-17-8-5-13(6-9-17)14-3-4-16-12-18(20-2)10-7-15(16)11-14;1-10(2)14(16)18-13-9-11(5-4-8-15)6-7-12(13)17-3;1-4(2)3-5;1-3(4)2-5/h3-12H,1-2H3;6-9H,1,4-5H2,2-3H3;3H,1H2,2H3;2H,1H2. The van der Waals surface area contributed by atoms with Crippen molar-refractivity contribution in [3.05, 3.63) is 120 Å². The highest BCUT2D eigenvalue weighted by Gasteiger charge is 2.11. The Morgan fingerprint density at radius 1 is 0.688 bits per heavy atom. The molecule has 0 fully saturated rings. The molecule has 0 spiro atoms. The minimum atomic E-state index is -0.499. The summed E-state index contributed by atoms with van der Waals surface area (Å²) in [5.41, 5.74) is 4.18. The first kappa shape index (κ1) is 40.6. The molecule has 0 saturated heterocycles. The van der Waals surface area contributed by atoms with Crippen LogP contribution < -0.4 is 18.9 Å². The number of ether oxygens (including phenoxy) is 4. The molecule has 0 bridgehead atoms. The van der Waals surface area contributed by atoms with Gasteiger partial charge in [-0.15, -0.1) is 0 Å². The largest absolute Gasteiger partial charge is 0.497 e. The van der Waals surface area contributed by atoms with Gasteiger partial charge in [-0.1, -0.05) is 67.7 Å². The monoisotopic (exact) mass is 672 g/mol. The third kappa shape index (κ3) is 14.7. The number of carbonyl (C=O) groups excluding carboxylic acids is 4. The Morgan fingerprint density at radius 3 is 1.73 bits per heavy atom. The summed E-state index contributed by atoms with van der Waals surface area (Å²) in [4.78, 5) is 40.5. The number of halogens is 1. The second kappa shape index (κ2) is 22.1. The topological polar surface area (TPSA) is 105 Å². The highest BCUT2D eigenvalue weighted by atomic mass is 35.5. The predicted molar refractivity (Wildman–Crippen MR) is 192 cm³/mol. The number of fused-ring (bicyclic) bond motifs is 1. The minimum Gasteiger partial charge on any atom is -0.497 e. The van der Waals surface area contributed by atoms with Gasteiger partial charge in [-0.2, -0.15) is 0 Å². The molecule has 48 heavy (non-hydrogen) atoms. The van der Waals surface area contributed by atoms with E-state index in [1.54, 1.807) is 40.2 Å². The van der Waals surface area contributed by atoms with E-state index >= 15 is 0 Å². The van der Waals surface area contributed by atoms with Crippen LogP contribution in [0.1, 0.15) is 25.8 Å². The van der Waals surface area contributed by atoms with Gasteiger partial charge in [-0.25, -0.2) is 4.79 Å². The van der Waals surface area contributed by atoms with E-state index in [1.165, 1.54) is 29.0 Å². The molecule has 4 aromatic rings. The van der Waals surface area contributed by atoms with Gasteiger partial charge in [0, 0.05) is 12.0 Å². The third-order valence-electron chi connectivity index (χ3n) is 6.13. The van der Waals surface area contributed by atoms with Gasteiger partial charge >= 0.3 is 5.97 Å². The lowest BCUT2D eigenvalue weighted by atomic mass is 10.0. The van der Waals surface area contributed by atoms with Crippen LogP contribution in [0.4, 0.5) is 0 Å². The highest BCUT2D eigenvalue weighted by molar-refractivity contribution is 6.38. The van der Waals surface area contributed by atoms with Gasteiger partial charge in [-0.05, 0) is 95.8 Å². The Kier molecular flexibility index (Phi) is 18.7. The Hall–Kier alpha value is -5.47. The van der Waals surface area contributed by atoms with Crippen LogP contribution in [0.2, 0.25) is 0 Å². The van der Waals surface area contributed by atoms with Gasteiger partial charge in [0.05, 0.1) is 26.4 Å². The smallest absolute Gasteiger partial charge is 0.338 e. The molecule has 4 aromatic carbocycles. The highest BCUT2D eigenvalue weighted by Crippen LogP contribution is 2.30. The number of carbonyl (C=O) groups is 4. The first-order chi connectivity index (χ1) is 22.9. The number of methoxy groups -OCH3 is 3. The molecule has 0 saturated carbocycles. The number of benzene rings is 4. The fourth-order valence-electron chi connectivity index (χ4n) is 3.68. The summed E-state index contributed by atoms with van der Waals surface area (Å²) in [5.74, 6) is 2.07. The van der Waals surface area contributed by atoms with Crippen LogP contribution in [0.5, 0.6) is 23.0 Å². The number of aryl methyl sites for hydroxylation is 1. The van der Waals surface area contributed by atoms with Crippen LogP contribution in [-0.4, -0.2) is 46.2 Å².